The Balaban J connectivity index is 1.51. The molecule has 1 fully saturated rings. The van der Waals surface area contributed by atoms with E-state index in [-0.39, 0.29) is 11.6 Å². The van der Waals surface area contributed by atoms with Crippen LogP contribution in [0.25, 0.3) is 0 Å². The number of ether oxygens (including phenoxy) is 1. The number of non-ortho nitro benzene ring substituents is 1. The Labute approximate surface area is 179 Å². The van der Waals surface area contributed by atoms with Crippen LogP contribution in [0.1, 0.15) is 34.3 Å². The number of hydrogen-bond donors (Lipinski definition) is 1. The van der Waals surface area contributed by atoms with Gasteiger partial charge in [0.25, 0.3) is 11.6 Å². The quantitative estimate of drug-likeness (QED) is 0.424. The second-order valence-electron chi connectivity index (χ2n) is 7.56. The molecule has 0 bridgehead atoms. The van der Waals surface area contributed by atoms with Crippen molar-refractivity contribution in [2.75, 3.05) is 5.32 Å². The van der Waals surface area contributed by atoms with Gasteiger partial charge in [-0.05, 0) is 61.2 Å². The van der Waals surface area contributed by atoms with Crippen molar-refractivity contribution in [3.8, 4) is 17.6 Å². The molecule has 154 valence electrons. The number of benzene rings is 3. The molecule has 3 aromatic rings. The van der Waals surface area contributed by atoms with Gasteiger partial charge in [-0.2, -0.15) is 5.26 Å². The number of nitriles is 1. The van der Waals surface area contributed by atoms with Crippen molar-refractivity contribution in [2.24, 2.45) is 0 Å². The minimum Gasteiger partial charge on any atom is -0.457 e. The van der Waals surface area contributed by atoms with Crippen molar-refractivity contribution in [1.82, 2.24) is 0 Å². The number of nitrogens with zero attached hydrogens (tertiary/aromatic N) is 2. The zero-order valence-electron chi connectivity index (χ0n) is 16.8. The van der Waals surface area contributed by atoms with Crippen LogP contribution in [0.15, 0.2) is 66.7 Å². The van der Waals surface area contributed by atoms with Gasteiger partial charge in [0.2, 0.25) is 0 Å². The molecule has 0 spiro atoms. The summed E-state index contributed by atoms with van der Waals surface area (Å²) in [5.74, 6) is 0.707. The highest BCUT2D eigenvalue weighted by Gasteiger charge is 2.45. The predicted octanol–water partition coefficient (Wildman–Crippen LogP) is 5.50. The van der Waals surface area contributed by atoms with Crippen molar-refractivity contribution < 1.29 is 14.5 Å². The van der Waals surface area contributed by atoms with E-state index in [9.17, 15) is 20.2 Å². The third-order valence-electron chi connectivity index (χ3n) is 5.36. The van der Waals surface area contributed by atoms with Crippen LogP contribution in [-0.2, 0) is 5.41 Å². The fraction of sp³-hybridized carbons (Fsp3) is 0.167. The molecule has 1 aliphatic rings. The third kappa shape index (κ3) is 4.23. The zero-order chi connectivity index (χ0) is 22.0. The van der Waals surface area contributed by atoms with E-state index in [4.69, 9.17) is 4.74 Å². The lowest BCUT2D eigenvalue weighted by molar-refractivity contribution is -0.384. The largest absolute Gasteiger partial charge is 0.457 e. The Kier molecular flexibility index (Phi) is 5.14. The van der Waals surface area contributed by atoms with Gasteiger partial charge in [-0.25, -0.2) is 0 Å². The number of anilines is 1. The molecule has 0 heterocycles. The molecule has 1 amide bonds. The van der Waals surface area contributed by atoms with Gasteiger partial charge in [-0.3, -0.25) is 14.9 Å². The van der Waals surface area contributed by atoms with Gasteiger partial charge in [0.1, 0.15) is 11.5 Å². The number of hydrogen-bond acceptors (Lipinski definition) is 5. The van der Waals surface area contributed by atoms with Gasteiger partial charge in [0, 0.05) is 29.4 Å². The van der Waals surface area contributed by atoms with E-state index in [0.717, 1.165) is 24.0 Å². The number of carbonyl (C=O) groups excluding carboxylic acids is 1. The van der Waals surface area contributed by atoms with Crippen molar-refractivity contribution in [3.05, 3.63) is 93.5 Å². The number of aryl methyl sites for hydroxylation is 1. The zero-order valence-corrected chi connectivity index (χ0v) is 16.8. The highest BCUT2D eigenvalue weighted by molar-refractivity contribution is 6.04. The highest BCUT2D eigenvalue weighted by Crippen LogP contribution is 2.47. The second kappa shape index (κ2) is 7.92. The fourth-order valence-corrected chi connectivity index (χ4v) is 3.30. The topological polar surface area (TPSA) is 105 Å². The molecule has 4 rings (SSSR count). The second-order valence-corrected chi connectivity index (χ2v) is 7.56. The van der Waals surface area contributed by atoms with Crippen molar-refractivity contribution in [2.45, 2.75) is 25.2 Å². The normalized spacial score (nSPS) is 13.7. The summed E-state index contributed by atoms with van der Waals surface area (Å²) >= 11 is 0. The molecule has 0 saturated heterocycles. The molecule has 0 atom stereocenters. The van der Waals surface area contributed by atoms with Gasteiger partial charge in [0.05, 0.1) is 16.4 Å². The van der Waals surface area contributed by atoms with Gasteiger partial charge < -0.3 is 10.1 Å². The van der Waals surface area contributed by atoms with Crippen LogP contribution in [0.2, 0.25) is 0 Å². The summed E-state index contributed by atoms with van der Waals surface area (Å²) in [5.41, 5.74) is 2.29. The summed E-state index contributed by atoms with van der Waals surface area (Å²) in [7, 11) is 0. The first-order valence-corrected chi connectivity index (χ1v) is 9.76. The van der Waals surface area contributed by atoms with Crippen LogP contribution in [0.5, 0.6) is 11.5 Å². The minimum absolute atomic E-state index is 0.0170. The van der Waals surface area contributed by atoms with Crippen LogP contribution in [0.3, 0.4) is 0 Å². The maximum atomic E-state index is 12.8. The summed E-state index contributed by atoms with van der Waals surface area (Å²) in [6.07, 6.45) is 1.63. The first-order valence-electron chi connectivity index (χ1n) is 9.76. The average molecular weight is 413 g/mol. The van der Waals surface area contributed by atoms with E-state index >= 15 is 0 Å². The Morgan fingerprint density at radius 1 is 1.13 bits per heavy atom. The minimum atomic E-state index is -0.470. The van der Waals surface area contributed by atoms with Gasteiger partial charge >= 0.3 is 0 Å². The lowest BCUT2D eigenvalue weighted by atomic mass is 9.96. The van der Waals surface area contributed by atoms with Crippen LogP contribution in [0.4, 0.5) is 11.4 Å². The van der Waals surface area contributed by atoms with E-state index in [2.05, 4.69) is 11.4 Å². The molecule has 1 aliphatic carbocycles. The van der Waals surface area contributed by atoms with Gasteiger partial charge in [0.15, 0.2) is 0 Å². The first-order chi connectivity index (χ1) is 14.9. The van der Waals surface area contributed by atoms with Crippen LogP contribution < -0.4 is 10.1 Å². The molecule has 1 saturated carbocycles. The van der Waals surface area contributed by atoms with E-state index < -0.39 is 10.3 Å². The summed E-state index contributed by atoms with van der Waals surface area (Å²) in [4.78, 5) is 23.1. The Morgan fingerprint density at radius 2 is 1.87 bits per heavy atom. The molecule has 0 unspecified atom stereocenters. The summed E-state index contributed by atoms with van der Waals surface area (Å²) in [5, 5.41) is 23.1. The lowest BCUT2D eigenvalue weighted by Gasteiger charge is -2.12. The molecular formula is C24H19N3O4. The van der Waals surface area contributed by atoms with E-state index in [1.165, 1.54) is 24.3 Å². The molecule has 7 nitrogen and oxygen atoms in total. The van der Waals surface area contributed by atoms with E-state index in [1.54, 1.807) is 30.3 Å². The molecular weight excluding hydrogens is 394 g/mol. The van der Waals surface area contributed by atoms with E-state index in [0.29, 0.717) is 22.7 Å². The SMILES string of the molecule is Cc1ccc(NC(=O)c2cccc(C3(C#N)CC3)c2)cc1Oc1ccc([N+](=O)[O-])cc1. The number of rotatable bonds is 6. The molecule has 0 aromatic heterocycles. The number of amides is 1. The molecule has 1 N–H and O–H groups in total. The number of nitro groups is 1. The third-order valence-corrected chi connectivity index (χ3v) is 5.36. The smallest absolute Gasteiger partial charge is 0.269 e. The molecule has 31 heavy (non-hydrogen) atoms. The molecule has 3 aromatic carbocycles. The monoisotopic (exact) mass is 413 g/mol. The van der Waals surface area contributed by atoms with Crippen molar-refractivity contribution >= 4 is 17.3 Å². The lowest BCUT2D eigenvalue weighted by Crippen LogP contribution is -2.13. The summed E-state index contributed by atoms with van der Waals surface area (Å²) in [6.45, 7) is 1.87. The van der Waals surface area contributed by atoms with Crippen LogP contribution >= 0.6 is 0 Å². The Morgan fingerprint density at radius 3 is 2.52 bits per heavy atom. The standard InChI is InChI=1S/C24H19N3O4/c1-16-5-6-19(14-22(16)31-21-9-7-20(8-10-21)27(29)30)26-23(28)17-3-2-4-18(13-17)24(15-25)11-12-24/h2-10,13-14H,11-12H2,1H3,(H,26,28). The van der Waals surface area contributed by atoms with Crippen LogP contribution in [0, 0.1) is 28.4 Å². The fourth-order valence-electron chi connectivity index (χ4n) is 3.30. The predicted molar refractivity (Wildman–Crippen MR) is 115 cm³/mol. The maximum Gasteiger partial charge on any atom is 0.269 e. The highest BCUT2D eigenvalue weighted by atomic mass is 16.6. The summed E-state index contributed by atoms with van der Waals surface area (Å²) in [6, 6.07) is 20.6. The number of nitro benzene ring substituents is 1. The van der Waals surface area contributed by atoms with Gasteiger partial charge in [-0.1, -0.05) is 18.2 Å². The maximum absolute atomic E-state index is 12.8. The molecule has 7 heteroatoms. The molecule has 0 radical (unpaired) electrons. The van der Waals surface area contributed by atoms with Gasteiger partial charge in [-0.15, -0.1) is 0 Å². The first kappa shape index (κ1) is 20.1. The van der Waals surface area contributed by atoms with Crippen molar-refractivity contribution in [1.29, 1.82) is 5.26 Å². The van der Waals surface area contributed by atoms with Crippen molar-refractivity contribution in [3.63, 3.8) is 0 Å². The van der Waals surface area contributed by atoms with Crippen LogP contribution in [-0.4, -0.2) is 10.8 Å². The number of nitrogens with one attached hydrogen (secondary N) is 1. The van der Waals surface area contributed by atoms with E-state index in [1.807, 2.05) is 19.1 Å². The average Bonchev–Trinajstić information content (AvgIpc) is 3.58. The Hall–Kier alpha value is -4.18. The number of carbonyl (C=O) groups is 1. The molecule has 0 aliphatic heterocycles. The Bertz CT molecular complexity index is 1210. The summed E-state index contributed by atoms with van der Waals surface area (Å²) < 4.78 is 5.85.